The summed E-state index contributed by atoms with van der Waals surface area (Å²) in [6.07, 6.45) is 0. The van der Waals surface area contributed by atoms with Crippen LogP contribution in [-0.2, 0) is 0 Å². The van der Waals surface area contributed by atoms with Gasteiger partial charge in [-0.1, -0.05) is 0 Å². The average molecular weight is 400 g/mol. The minimum atomic E-state index is 0. The molecule has 0 rings (SSSR count). The molecule has 16 valence electrons. The van der Waals surface area contributed by atoms with Crippen LogP contribution in [0.15, 0.2) is 0 Å². The van der Waals surface area contributed by atoms with Crippen LogP contribution in [0.25, 0.3) is 0 Å². The third kappa shape index (κ3) is 9.71. The van der Waals surface area contributed by atoms with Gasteiger partial charge >= 0.3 is 96.4 Å². The Balaban J connectivity index is 0. The van der Waals surface area contributed by atoms with Crippen LogP contribution in [-0.4, -0.2) is 96.4 Å². The molecule has 0 unspecified atom stereocenters. The summed E-state index contributed by atoms with van der Waals surface area (Å²) in [5.41, 5.74) is 0. The van der Waals surface area contributed by atoms with E-state index in [9.17, 15) is 0 Å². The molecule has 0 aliphatic heterocycles. The van der Waals surface area contributed by atoms with Crippen molar-refractivity contribution < 1.29 is 41.7 Å². The van der Waals surface area contributed by atoms with Gasteiger partial charge in [0.15, 0.2) is 0 Å². The van der Waals surface area contributed by atoms with E-state index < -0.39 is 0 Å². The molecule has 0 atom stereocenters. The summed E-state index contributed by atoms with van der Waals surface area (Å²) in [6.45, 7) is 0. The quantitative estimate of drug-likeness (QED) is 0.396. The number of hydrogen-bond acceptors (Lipinski definition) is 0. The summed E-state index contributed by atoms with van der Waals surface area (Å²) in [5.74, 6) is 0. The third-order valence-corrected chi connectivity index (χ3v) is 0. The molecule has 4 heteroatoms. The first kappa shape index (κ1) is 23.6. The summed E-state index contributed by atoms with van der Waals surface area (Å²) >= 11 is 0. The minimum absolute atomic E-state index is 0. The predicted molar refractivity (Wildman–Crippen MR) is 24.2 cm³/mol. The third-order valence-electron chi connectivity index (χ3n) is 0. The Bertz CT molecular complexity index is 8.00. The first-order valence-corrected chi connectivity index (χ1v) is 0. The molecule has 0 N–H and O–H groups in total. The van der Waals surface area contributed by atoms with Crippen molar-refractivity contribution in [1.29, 1.82) is 0 Å². The summed E-state index contributed by atoms with van der Waals surface area (Å²) < 4.78 is 0. The second-order valence-electron chi connectivity index (χ2n) is 0. The van der Waals surface area contributed by atoms with Crippen LogP contribution in [0.2, 0.25) is 0 Å². The molecule has 0 spiro atoms. The molecule has 0 heterocycles. The first-order valence-electron chi connectivity index (χ1n) is 0. The Morgan fingerprint density at radius 2 is 1.00 bits per heavy atom. The van der Waals surface area contributed by atoms with Gasteiger partial charge in [-0.05, 0) is 0 Å². The predicted octanol–water partition coefficient (Wildman–Crippen LogP) is -2.48. The van der Waals surface area contributed by atoms with Gasteiger partial charge in [0.2, 0.25) is 0 Å². The Labute approximate surface area is 134 Å². The topological polar surface area (TPSA) is 0 Å². The Morgan fingerprint density at radius 1 is 1.00 bits per heavy atom. The maximum absolute atomic E-state index is 0. The van der Waals surface area contributed by atoms with Gasteiger partial charge in [-0.15, -0.1) is 0 Å². The molecule has 0 aromatic heterocycles. The van der Waals surface area contributed by atoms with Gasteiger partial charge in [0.05, 0.1) is 0 Å². The standard InChI is InChI=1S/Bi.Ce.K.Li.5H. The molecule has 0 saturated carbocycles. The zero-order chi connectivity index (χ0) is 0. The molecule has 0 aliphatic carbocycles. The van der Waals surface area contributed by atoms with Crippen molar-refractivity contribution in [2.45, 2.75) is 0 Å². The molecule has 0 amide bonds. The average Bonchev–Trinajstić information content (AvgIpc) is 0. The molecule has 0 aliphatic rings. The van der Waals surface area contributed by atoms with Gasteiger partial charge in [-0.2, -0.15) is 0 Å². The van der Waals surface area contributed by atoms with Crippen LogP contribution in [0.3, 0.4) is 0 Å². The van der Waals surface area contributed by atoms with Gasteiger partial charge in [0, 0.05) is 41.7 Å². The molecule has 0 aromatic carbocycles. The van der Waals surface area contributed by atoms with Gasteiger partial charge in [0.1, 0.15) is 0 Å². The summed E-state index contributed by atoms with van der Waals surface area (Å²) in [5, 5.41) is 0. The van der Waals surface area contributed by atoms with E-state index in [0.29, 0.717) is 0 Å². The van der Waals surface area contributed by atoms with Gasteiger partial charge < -0.3 is 0 Å². The fourth-order valence-electron chi connectivity index (χ4n) is 0. The van der Waals surface area contributed by atoms with E-state index in [4.69, 9.17) is 0 Å². The van der Waals surface area contributed by atoms with E-state index in [-0.39, 0.29) is 138 Å². The summed E-state index contributed by atoms with van der Waals surface area (Å²) in [7, 11) is 0. The number of rotatable bonds is 0. The second kappa shape index (κ2) is 15.6. The van der Waals surface area contributed by atoms with Crippen LogP contribution in [0.5, 0.6) is 0 Å². The van der Waals surface area contributed by atoms with E-state index in [1.54, 1.807) is 0 Å². The van der Waals surface area contributed by atoms with E-state index in [1.165, 1.54) is 0 Å². The molecule has 0 radical (unpaired) electrons. The Kier molecular flexibility index (Phi) is 92.4. The fraction of sp³-hybridized carbons (Fsp3) is 0. The van der Waals surface area contributed by atoms with E-state index in [0.717, 1.165) is 0 Å². The SMILES string of the molecule is [BiH3].[Ce].[KH].[LiH]. The Morgan fingerprint density at radius 3 is 1.00 bits per heavy atom. The van der Waals surface area contributed by atoms with Crippen LogP contribution in [0, 0.1) is 41.7 Å². The zero-order valence-electron chi connectivity index (χ0n) is 1.21. The van der Waals surface area contributed by atoms with Crippen LogP contribution in [0.4, 0.5) is 0 Å². The Hall–Kier alpha value is 4.49. The van der Waals surface area contributed by atoms with Gasteiger partial charge in [-0.3, -0.25) is 0 Å². The molecular formula is H5BiCeKLi. The van der Waals surface area contributed by atoms with Crippen LogP contribution in [0.1, 0.15) is 0 Å². The summed E-state index contributed by atoms with van der Waals surface area (Å²) in [6, 6.07) is 0. The van der Waals surface area contributed by atoms with Crippen LogP contribution < -0.4 is 0 Å². The van der Waals surface area contributed by atoms with E-state index in [1.807, 2.05) is 0 Å². The van der Waals surface area contributed by atoms with E-state index >= 15 is 0 Å². The molecule has 0 bridgehead atoms. The monoisotopic (exact) mass is 400 g/mol. The molecule has 0 fully saturated rings. The van der Waals surface area contributed by atoms with Crippen molar-refractivity contribution in [1.82, 2.24) is 0 Å². The normalized spacial score (nSPS) is 0. The van der Waals surface area contributed by atoms with Crippen molar-refractivity contribution in [3.8, 4) is 0 Å². The van der Waals surface area contributed by atoms with Crippen molar-refractivity contribution in [3.63, 3.8) is 0 Å². The van der Waals surface area contributed by atoms with Gasteiger partial charge in [0.25, 0.3) is 0 Å². The van der Waals surface area contributed by atoms with Crippen molar-refractivity contribution >= 4 is 96.4 Å². The van der Waals surface area contributed by atoms with Crippen molar-refractivity contribution in [2.75, 3.05) is 0 Å². The fourth-order valence-corrected chi connectivity index (χ4v) is 0. The van der Waals surface area contributed by atoms with E-state index in [2.05, 4.69) is 0 Å². The number of hydrogen-bond donors (Lipinski definition) is 0. The van der Waals surface area contributed by atoms with Crippen molar-refractivity contribution in [3.05, 3.63) is 0 Å². The maximum atomic E-state index is 0. The molecule has 4 heavy (non-hydrogen) atoms. The second-order valence-corrected chi connectivity index (χ2v) is 0. The summed E-state index contributed by atoms with van der Waals surface area (Å²) in [4.78, 5) is 0. The zero-order valence-corrected chi connectivity index (χ0v) is 9.84. The first-order chi connectivity index (χ1) is 0. The van der Waals surface area contributed by atoms with Crippen molar-refractivity contribution in [2.24, 2.45) is 0 Å². The molecule has 0 aromatic rings. The molecule has 0 saturated heterocycles. The van der Waals surface area contributed by atoms with Crippen LogP contribution >= 0.6 is 0 Å². The molecular weight excluding hydrogens is 395 g/mol. The molecule has 0 nitrogen and oxygen atoms in total. The van der Waals surface area contributed by atoms with Gasteiger partial charge in [-0.25, -0.2) is 0 Å².